The summed E-state index contributed by atoms with van der Waals surface area (Å²) in [5.41, 5.74) is 0. The van der Waals surface area contributed by atoms with Gasteiger partial charge in [-0.05, 0) is 6.42 Å². The second-order valence-corrected chi connectivity index (χ2v) is 17.0. The zero-order chi connectivity index (χ0) is 38.1. The molecule has 0 saturated carbocycles. The molecule has 0 fully saturated rings. The van der Waals surface area contributed by atoms with Gasteiger partial charge in [-0.3, -0.25) is 4.79 Å². The third-order valence-corrected chi connectivity index (χ3v) is 11.5. The van der Waals surface area contributed by atoms with E-state index in [1.165, 1.54) is 276 Å². The minimum atomic E-state index is -0.655. The van der Waals surface area contributed by atoms with Crippen molar-refractivity contribution < 1.29 is 9.90 Å². The summed E-state index contributed by atoms with van der Waals surface area (Å²) in [4.78, 5) is 10.3. The highest BCUT2D eigenvalue weighted by atomic mass is 16.4. The maximum atomic E-state index is 10.3. The van der Waals surface area contributed by atoms with E-state index in [0.29, 0.717) is 6.42 Å². The summed E-state index contributed by atoms with van der Waals surface area (Å²) in [6, 6.07) is 0. The molecule has 0 saturated heterocycles. The molecule has 0 aromatic rings. The van der Waals surface area contributed by atoms with Gasteiger partial charge in [0.15, 0.2) is 0 Å². The summed E-state index contributed by atoms with van der Waals surface area (Å²) in [6.45, 7) is 6.88. The zero-order valence-corrected chi connectivity index (χ0v) is 36.9. The van der Waals surface area contributed by atoms with Crippen LogP contribution in [-0.2, 0) is 4.79 Å². The van der Waals surface area contributed by atoms with Gasteiger partial charge >= 0.3 is 5.97 Å². The van der Waals surface area contributed by atoms with Crippen molar-refractivity contribution in [2.75, 3.05) is 0 Å². The highest BCUT2D eigenvalue weighted by Gasteiger charge is 1.99. The van der Waals surface area contributed by atoms with Gasteiger partial charge in [0.2, 0.25) is 0 Å². The molecule has 0 aromatic carbocycles. The number of hydrogen-bond acceptors (Lipinski definition) is 1. The van der Waals surface area contributed by atoms with E-state index >= 15 is 0 Å². The van der Waals surface area contributed by atoms with Crippen molar-refractivity contribution >= 4 is 5.97 Å². The van der Waals surface area contributed by atoms with E-state index in [4.69, 9.17) is 5.11 Å². The lowest BCUT2D eigenvalue weighted by atomic mass is 10.0. The first kappa shape index (κ1) is 53.6. The maximum absolute atomic E-state index is 10.3. The molecular weight excluding hydrogens is 633 g/mol. The third kappa shape index (κ3) is 56.2. The predicted molar refractivity (Wildman–Crippen MR) is 237 cm³/mol. The quantitative estimate of drug-likeness (QED) is 0.0633. The fourth-order valence-corrected chi connectivity index (χ4v) is 7.74. The number of hydrogen-bond donors (Lipinski definition) is 1. The molecule has 314 valence electrons. The molecule has 2 nitrogen and oxygen atoms in total. The molecule has 0 aromatic heterocycles. The van der Waals surface area contributed by atoms with E-state index in [1.54, 1.807) is 0 Å². The monoisotopic (exact) mass is 735 g/mol. The van der Waals surface area contributed by atoms with E-state index < -0.39 is 5.97 Å². The molecule has 0 radical (unpaired) electrons. The number of carbonyl (C=O) groups is 1. The maximum Gasteiger partial charge on any atom is 0.303 e. The van der Waals surface area contributed by atoms with Gasteiger partial charge in [-0.2, -0.15) is 0 Å². The summed E-state index contributed by atoms with van der Waals surface area (Å²) in [5.74, 6) is -0.655. The SMILES string of the molecule is CCCCCCCCCCCCCCCC(=O)O.CCCCCCCCCCCCCCCCCCCCCCCCCCCCCCCCCC. The molecule has 0 bridgehead atoms. The van der Waals surface area contributed by atoms with E-state index in [9.17, 15) is 4.79 Å². The average molecular weight is 735 g/mol. The predicted octanol–water partition coefficient (Wildman–Crippen LogP) is 19.1. The average Bonchev–Trinajstić information content (AvgIpc) is 3.14. The molecule has 0 amide bonds. The summed E-state index contributed by atoms with van der Waals surface area (Å²) >= 11 is 0. The van der Waals surface area contributed by atoms with Crippen LogP contribution in [0.3, 0.4) is 0 Å². The highest BCUT2D eigenvalue weighted by Crippen LogP contribution is 2.17. The van der Waals surface area contributed by atoms with Crippen molar-refractivity contribution in [2.24, 2.45) is 0 Å². The van der Waals surface area contributed by atoms with Crippen molar-refractivity contribution in [1.29, 1.82) is 0 Å². The van der Waals surface area contributed by atoms with Gasteiger partial charge in [-0.15, -0.1) is 0 Å². The van der Waals surface area contributed by atoms with E-state index in [0.717, 1.165) is 12.8 Å². The molecule has 52 heavy (non-hydrogen) atoms. The van der Waals surface area contributed by atoms with Crippen molar-refractivity contribution in [1.82, 2.24) is 0 Å². The number of aliphatic carboxylic acids is 1. The Balaban J connectivity index is 0. The number of carboxylic acid groups (broad SMARTS) is 1. The molecule has 0 atom stereocenters. The first-order chi connectivity index (χ1) is 25.7. The molecule has 0 aliphatic rings. The summed E-state index contributed by atoms with van der Waals surface area (Å²) < 4.78 is 0. The van der Waals surface area contributed by atoms with Crippen LogP contribution in [0.1, 0.15) is 316 Å². The van der Waals surface area contributed by atoms with Crippen molar-refractivity contribution in [2.45, 2.75) is 316 Å². The Bertz CT molecular complexity index is 569. The van der Waals surface area contributed by atoms with Crippen LogP contribution in [-0.4, -0.2) is 11.1 Å². The van der Waals surface area contributed by atoms with Crippen LogP contribution >= 0.6 is 0 Å². The van der Waals surface area contributed by atoms with E-state index in [-0.39, 0.29) is 0 Å². The minimum Gasteiger partial charge on any atom is -0.481 e. The number of unbranched alkanes of at least 4 members (excludes halogenated alkanes) is 43. The lowest BCUT2D eigenvalue weighted by molar-refractivity contribution is -0.137. The Morgan fingerprint density at radius 2 is 0.346 bits per heavy atom. The van der Waals surface area contributed by atoms with Gasteiger partial charge in [0, 0.05) is 6.42 Å². The first-order valence-corrected chi connectivity index (χ1v) is 24.9. The topological polar surface area (TPSA) is 37.3 Å². The molecule has 0 rings (SSSR count). The van der Waals surface area contributed by atoms with Gasteiger partial charge in [0.25, 0.3) is 0 Å². The van der Waals surface area contributed by atoms with Crippen LogP contribution in [0.5, 0.6) is 0 Å². The number of carboxylic acids is 1. The Hall–Kier alpha value is -0.530. The van der Waals surface area contributed by atoms with Crippen molar-refractivity contribution in [3.63, 3.8) is 0 Å². The zero-order valence-electron chi connectivity index (χ0n) is 36.9. The second-order valence-electron chi connectivity index (χ2n) is 17.0. The molecule has 2 heteroatoms. The van der Waals surface area contributed by atoms with Crippen LogP contribution in [0.2, 0.25) is 0 Å². The normalized spacial score (nSPS) is 11.2. The van der Waals surface area contributed by atoms with Crippen molar-refractivity contribution in [3.05, 3.63) is 0 Å². The Morgan fingerprint density at radius 3 is 0.462 bits per heavy atom. The summed E-state index contributed by atoms with van der Waals surface area (Å²) in [5, 5.41) is 8.49. The minimum absolute atomic E-state index is 0.345. The molecule has 0 aliphatic heterocycles. The Morgan fingerprint density at radius 1 is 0.231 bits per heavy atom. The molecular formula is C50H102O2. The van der Waals surface area contributed by atoms with Crippen LogP contribution in [0.15, 0.2) is 0 Å². The lowest BCUT2D eigenvalue weighted by Crippen LogP contribution is -1.93. The van der Waals surface area contributed by atoms with Crippen LogP contribution in [0.4, 0.5) is 0 Å². The Labute approximate surface area is 331 Å². The van der Waals surface area contributed by atoms with E-state index in [2.05, 4.69) is 20.8 Å². The first-order valence-electron chi connectivity index (χ1n) is 24.9. The van der Waals surface area contributed by atoms with Gasteiger partial charge in [0.05, 0.1) is 0 Å². The van der Waals surface area contributed by atoms with Gasteiger partial charge in [0.1, 0.15) is 0 Å². The lowest BCUT2D eigenvalue weighted by Gasteiger charge is -2.04. The van der Waals surface area contributed by atoms with Crippen molar-refractivity contribution in [3.8, 4) is 0 Å². The smallest absolute Gasteiger partial charge is 0.303 e. The molecule has 0 aliphatic carbocycles. The van der Waals surface area contributed by atoms with E-state index in [1.807, 2.05) is 0 Å². The standard InChI is InChI=1S/C34H70.C16H32O2/c1-3-5-7-9-11-13-15-17-19-21-23-25-27-29-31-33-34-32-30-28-26-24-22-20-18-16-14-12-10-8-6-4-2;1-2-3-4-5-6-7-8-9-10-11-12-13-14-15-16(17)18/h3-34H2,1-2H3;2-15H2,1H3,(H,17,18). The fourth-order valence-electron chi connectivity index (χ4n) is 7.74. The van der Waals surface area contributed by atoms with Crippen LogP contribution < -0.4 is 0 Å². The second kappa shape index (κ2) is 52.6. The van der Waals surface area contributed by atoms with Gasteiger partial charge in [-0.25, -0.2) is 0 Å². The van der Waals surface area contributed by atoms with Crippen LogP contribution in [0.25, 0.3) is 0 Å². The molecule has 0 unspecified atom stereocenters. The molecule has 1 N–H and O–H groups in total. The molecule has 0 spiro atoms. The van der Waals surface area contributed by atoms with Gasteiger partial charge < -0.3 is 5.11 Å². The number of rotatable bonds is 45. The Kier molecular flexibility index (Phi) is 54.2. The summed E-state index contributed by atoms with van der Waals surface area (Å²) in [7, 11) is 0. The summed E-state index contributed by atoms with van der Waals surface area (Å²) in [6.07, 6.45) is 64.7. The van der Waals surface area contributed by atoms with Crippen LogP contribution in [0, 0.1) is 0 Å². The highest BCUT2D eigenvalue weighted by molar-refractivity contribution is 5.66. The third-order valence-electron chi connectivity index (χ3n) is 11.5. The largest absolute Gasteiger partial charge is 0.481 e. The van der Waals surface area contributed by atoms with Gasteiger partial charge in [-0.1, -0.05) is 303 Å². The molecule has 0 heterocycles. The fraction of sp³-hybridized carbons (Fsp3) is 0.980.